The highest BCUT2D eigenvalue weighted by molar-refractivity contribution is 7.17. The fourth-order valence-corrected chi connectivity index (χ4v) is 2.53. The van der Waals surface area contributed by atoms with Gasteiger partial charge >= 0.3 is 0 Å². The third kappa shape index (κ3) is 1.96. The zero-order chi connectivity index (χ0) is 11.0. The Labute approximate surface area is 95.7 Å². The van der Waals surface area contributed by atoms with Gasteiger partial charge in [-0.2, -0.15) is 0 Å². The van der Waals surface area contributed by atoms with Gasteiger partial charge in [0.15, 0.2) is 0 Å². The summed E-state index contributed by atoms with van der Waals surface area (Å²) in [6.07, 6.45) is 0.167. The third-order valence-corrected chi connectivity index (χ3v) is 3.61. The zero-order valence-corrected chi connectivity index (χ0v) is 9.54. The number of amides is 2. The first-order valence-electron chi connectivity index (χ1n) is 4.37. The van der Waals surface area contributed by atoms with Crippen molar-refractivity contribution in [3.63, 3.8) is 0 Å². The Balaban J connectivity index is 2.41. The minimum Gasteiger partial charge on any atom is -0.292 e. The van der Waals surface area contributed by atoms with Crippen molar-refractivity contribution in [1.29, 1.82) is 0 Å². The van der Waals surface area contributed by atoms with Crippen molar-refractivity contribution < 1.29 is 9.59 Å². The van der Waals surface area contributed by atoms with Gasteiger partial charge in [0, 0.05) is 10.5 Å². The molecule has 1 aromatic heterocycles. The maximum atomic E-state index is 11.4. The van der Waals surface area contributed by atoms with Gasteiger partial charge in [0.05, 0.1) is 10.8 Å². The summed E-state index contributed by atoms with van der Waals surface area (Å²) in [7, 11) is 0. The van der Waals surface area contributed by atoms with E-state index in [2.05, 4.69) is 5.32 Å². The lowest BCUT2D eigenvalue weighted by molar-refractivity contribution is -0.124. The first-order chi connectivity index (χ1) is 7.08. The summed E-state index contributed by atoms with van der Waals surface area (Å²) < 4.78 is 0.676. The summed E-state index contributed by atoms with van der Waals surface area (Å²) in [6.45, 7) is 1.83. The van der Waals surface area contributed by atoms with Gasteiger partial charge in [-0.05, 0) is 24.6 Å². The molecule has 5 heteroatoms. The summed E-state index contributed by atoms with van der Waals surface area (Å²) >= 11 is 7.21. The lowest BCUT2D eigenvalue weighted by atomic mass is 10.1. The summed E-state index contributed by atoms with van der Waals surface area (Å²) in [6, 6.07) is 3.63. The van der Waals surface area contributed by atoms with Crippen LogP contribution >= 0.6 is 22.9 Å². The van der Waals surface area contributed by atoms with E-state index in [1.165, 1.54) is 11.3 Å². The van der Waals surface area contributed by atoms with Gasteiger partial charge in [0.2, 0.25) is 5.91 Å². The molecule has 0 saturated carbocycles. The van der Waals surface area contributed by atoms with Gasteiger partial charge in [-0.1, -0.05) is 11.6 Å². The fourth-order valence-electron chi connectivity index (χ4n) is 1.45. The van der Waals surface area contributed by atoms with Crippen molar-refractivity contribution in [1.82, 2.24) is 5.32 Å². The van der Waals surface area contributed by atoms with Gasteiger partial charge in [-0.15, -0.1) is 11.3 Å². The normalized spacial score (nSPS) is 19.3. The Kier molecular flexibility index (Phi) is 2.63. The largest absolute Gasteiger partial charge is 0.292 e. The Hall–Kier alpha value is -1.13. The van der Waals surface area contributed by atoms with Crippen LogP contribution in [-0.2, 0) is 9.59 Å². The predicted octanol–water partition coefficient (Wildman–Crippen LogP) is 2.22. The number of thiophene rings is 1. The maximum Gasteiger partial charge on any atom is 0.254 e. The van der Waals surface area contributed by atoms with Crippen LogP contribution in [-0.4, -0.2) is 11.8 Å². The van der Waals surface area contributed by atoms with Crippen LogP contribution in [0, 0.1) is 0 Å². The molecule has 0 spiro atoms. The average molecular weight is 242 g/mol. The van der Waals surface area contributed by atoms with E-state index in [0.717, 1.165) is 10.5 Å². The third-order valence-electron chi connectivity index (χ3n) is 2.26. The molecule has 2 amide bonds. The van der Waals surface area contributed by atoms with E-state index in [4.69, 9.17) is 11.6 Å². The highest BCUT2D eigenvalue weighted by Gasteiger charge is 2.26. The van der Waals surface area contributed by atoms with Gasteiger partial charge < -0.3 is 0 Å². The molecule has 15 heavy (non-hydrogen) atoms. The predicted molar refractivity (Wildman–Crippen MR) is 59.7 cm³/mol. The molecule has 3 nitrogen and oxygen atoms in total. The van der Waals surface area contributed by atoms with Gasteiger partial charge in [0.1, 0.15) is 0 Å². The SMILES string of the molecule is CC(=C1CC(=O)NC1=O)c1ccc(Cl)s1. The van der Waals surface area contributed by atoms with Crippen molar-refractivity contribution in [3.8, 4) is 0 Å². The highest BCUT2D eigenvalue weighted by Crippen LogP contribution is 2.31. The Morgan fingerprint density at radius 2 is 2.20 bits per heavy atom. The summed E-state index contributed by atoms with van der Waals surface area (Å²) in [5.74, 6) is -0.529. The number of allylic oxidation sites excluding steroid dienone is 1. The zero-order valence-electron chi connectivity index (χ0n) is 7.96. The molecule has 0 aromatic carbocycles. The molecule has 1 aliphatic rings. The quantitative estimate of drug-likeness (QED) is 0.605. The molecule has 1 aliphatic heterocycles. The van der Waals surface area contributed by atoms with Crippen LogP contribution < -0.4 is 5.32 Å². The van der Waals surface area contributed by atoms with Crippen LogP contribution in [0.25, 0.3) is 5.57 Å². The Morgan fingerprint density at radius 1 is 1.47 bits per heavy atom. The number of carbonyl (C=O) groups is 2. The standard InChI is InChI=1S/C10H8ClNO2S/c1-5(7-2-3-8(11)15-7)6-4-9(13)12-10(6)14/h2-3H,4H2,1H3,(H,12,13,14). The molecule has 1 N–H and O–H groups in total. The molecular weight excluding hydrogens is 234 g/mol. The second-order valence-electron chi connectivity index (χ2n) is 3.26. The van der Waals surface area contributed by atoms with Crippen LogP contribution in [0.5, 0.6) is 0 Å². The number of rotatable bonds is 1. The minimum atomic E-state index is -0.290. The second kappa shape index (κ2) is 3.79. The van der Waals surface area contributed by atoms with Crippen LogP contribution in [0.1, 0.15) is 18.2 Å². The lowest BCUT2D eigenvalue weighted by Gasteiger charge is -1.99. The molecule has 0 atom stereocenters. The van der Waals surface area contributed by atoms with Crippen molar-refractivity contribution in [2.75, 3.05) is 0 Å². The van der Waals surface area contributed by atoms with Gasteiger partial charge in [-0.3, -0.25) is 14.9 Å². The molecular formula is C10H8ClNO2S. The molecule has 0 aliphatic carbocycles. The molecule has 2 heterocycles. The van der Waals surface area contributed by atoms with Crippen LogP contribution in [0.4, 0.5) is 0 Å². The van der Waals surface area contributed by atoms with Gasteiger partial charge in [0.25, 0.3) is 5.91 Å². The first kappa shape index (κ1) is 10.4. The molecule has 1 fully saturated rings. The van der Waals surface area contributed by atoms with E-state index in [9.17, 15) is 9.59 Å². The van der Waals surface area contributed by atoms with Crippen LogP contribution in [0.3, 0.4) is 0 Å². The monoisotopic (exact) mass is 241 g/mol. The van der Waals surface area contributed by atoms with E-state index >= 15 is 0 Å². The van der Waals surface area contributed by atoms with Crippen LogP contribution in [0.2, 0.25) is 4.34 Å². The van der Waals surface area contributed by atoms with Crippen molar-refractivity contribution in [3.05, 3.63) is 26.9 Å². The van der Waals surface area contributed by atoms with E-state index in [1.54, 1.807) is 6.07 Å². The molecule has 1 saturated heterocycles. The summed E-state index contributed by atoms with van der Waals surface area (Å²) in [4.78, 5) is 23.3. The minimum absolute atomic E-state index is 0.167. The van der Waals surface area contributed by atoms with E-state index < -0.39 is 0 Å². The van der Waals surface area contributed by atoms with Crippen LogP contribution in [0.15, 0.2) is 17.7 Å². The number of carbonyl (C=O) groups excluding carboxylic acids is 2. The fraction of sp³-hybridized carbons (Fsp3) is 0.200. The summed E-state index contributed by atoms with van der Waals surface area (Å²) in [5.41, 5.74) is 1.37. The Morgan fingerprint density at radius 3 is 2.67 bits per heavy atom. The van der Waals surface area contributed by atoms with E-state index in [1.807, 2.05) is 13.0 Å². The average Bonchev–Trinajstić information content (AvgIpc) is 2.71. The van der Waals surface area contributed by atoms with E-state index in [-0.39, 0.29) is 18.2 Å². The first-order valence-corrected chi connectivity index (χ1v) is 5.57. The molecule has 78 valence electrons. The highest BCUT2D eigenvalue weighted by atomic mass is 35.5. The smallest absolute Gasteiger partial charge is 0.254 e. The number of nitrogens with one attached hydrogen (secondary N) is 1. The van der Waals surface area contributed by atoms with Gasteiger partial charge in [-0.25, -0.2) is 0 Å². The number of hydrogen-bond acceptors (Lipinski definition) is 3. The topological polar surface area (TPSA) is 46.2 Å². The number of hydrogen-bond donors (Lipinski definition) is 1. The van der Waals surface area contributed by atoms with Crippen molar-refractivity contribution >= 4 is 40.3 Å². The Bertz CT molecular complexity index is 476. The molecule has 2 rings (SSSR count). The molecule has 1 aromatic rings. The second-order valence-corrected chi connectivity index (χ2v) is 4.98. The van der Waals surface area contributed by atoms with Crippen molar-refractivity contribution in [2.24, 2.45) is 0 Å². The van der Waals surface area contributed by atoms with E-state index in [0.29, 0.717) is 9.91 Å². The lowest BCUT2D eigenvalue weighted by Crippen LogP contribution is -2.19. The maximum absolute atomic E-state index is 11.4. The molecule has 0 radical (unpaired) electrons. The number of imide groups is 1. The molecule has 0 unspecified atom stereocenters. The number of halogens is 1. The summed E-state index contributed by atoms with van der Waals surface area (Å²) in [5, 5.41) is 2.26. The molecule has 0 bridgehead atoms. The van der Waals surface area contributed by atoms with Crippen molar-refractivity contribution in [2.45, 2.75) is 13.3 Å².